The highest BCUT2D eigenvalue weighted by molar-refractivity contribution is 7.84. The maximum Gasteiger partial charge on any atom is 0.213 e. The molecule has 0 unspecified atom stereocenters. The van der Waals surface area contributed by atoms with Crippen molar-refractivity contribution in [1.82, 2.24) is 4.98 Å². The van der Waals surface area contributed by atoms with Gasteiger partial charge in [-0.1, -0.05) is 60.7 Å². The van der Waals surface area contributed by atoms with Gasteiger partial charge in [0, 0.05) is 39.9 Å². The van der Waals surface area contributed by atoms with Gasteiger partial charge in [-0.15, -0.1) is 0 Å². The number of nitrogens with zero attached hydrogens (tertiary/aromatic N) is 2. The van der Waals surface area contributed by atoms with Crippen molar-refractivity contribution in [3.8, 4) is 0 Å². The lowest BCUT2D eigenvalue weighted by atomic mass is 10.0. The van der Waals surface area contributed by atoms with Gasteiger partial charge in [-0.2, -0.15) is 4.57 Å². The van der Waals surface area contributed by atoms with E-state index >= 15 is 0 Å². The Morgan fingerprint density at radius 2 is 0.917 bits per heavy atom. The maximum atomic E-state index is 9.08. The van der Waals surface area contributed by atoms with E-state index in [1.54, 1.807) is 0 Å². The number of hydrogen-bond donors (Lipinski definition) is 0. The summed E-state index contributed by atoms with van der Waals surface area (Å²) in [6.45, 7) is 4.36. The lowest BCUT2D eigenvalue weighted by molar-refractivity contribution is -0.617. The van der Waals surface area contributed by atoms with E-state index in [9.17, 15) is 0 Å². The van der Waals surface area contributed by atoms with E-state index in [0.29, 0.717) is 6.26 Å². The molecule has 0 radical (unpaired) electrons. The average molecular weight is 497 g/mol. The molecule has 0 atom stereocenters. The van der Waals surface area contributed by atoms with Crippen LogP contribution in [-0.4, -0.2) is 24.2 Å². The van der Waals surface area contributed by atoms with Crippen LogP contribution in [0.15, 0.2) is 97.1 Å². The molecule has 4 aromatic carbocycles. The van der Waals surface area contributed by atoms with E-state index in [4.69, 9.17) is 13.0 Å². The average Bonchev–Trinajstić information content (AvgIpc) is 2.87. The molecule has 5 nitrogen and oxygen atoms in total. The van der Waals surface area contributed by atoms with Crippen molar-refractivity contribution < 1.29 is 17.5 Å². The van der Waals surface area contributed by atoms with Gasteiger partial charge in [-0.05, 0) is 49.2 Å². The van der Waals surface area contributed by atoms with E-state index < -0.39 is 10.1 Å². The molecule has 0 fully saturated rings. The Labute approximate surface area is 211 Å². The van der Waals surface area contributed by atoms with Gasteiger partial charge in [0.2, 0.25) is 11.0 Å². The second-order valence-corrected chi connectivity index (χ2v) is 10.1. The van der Waals surface area contributed by atoms with Crippen molar-refractivity contribution in [2.24, 2.45) is 7.05 Å². The van der Waals surface area contributed by atoms with Gasteiger partial charge in [0.25, 0.3) is 0 Å². The number of hydrogen-bond acceptors (Lipinski definition) is 4. The zero-order valence-electron chi connectivity index (χ0n) is 20.8. The van der Waals surface area contributed by atoms with E-state index in [1.165, 1.54) is 43.7 Å². The summed E-state index contributed by atoms with van der Waals surface area (Å²) in [5, 5.41) is 5.17. The van der Waals surface area contributed by atoms with Crippen LogP contribution in [0.2, 0.25) is 0 Å². The molecular formula is C30H28N2O3S. The van der Waals surface area contributed by atoms with Crippen molar-refractivity contribution in [3.05, 3.63) is 108 Å². The summed E-state index contributed by atoms with van der Waals surface area (Å²) in [7, 11) is -1.79. The molecule has 6 aromatic rings. The summed E-state index contributed by atoms with van der Waals surface area (Å²) >= 11 is 0. The first-order chi connectivity index (χ1) is 17.1. The first-order valence-electron chi connectivity index (χ1n) is 11.6. The van der Waals surface area contributed by atoms with Gasteiger partial charge in [0.1, 0.15) is 7.05 Å². The van der Waals surface area contributed by atoms with Crippen molar-refractivity contribution in [2.75, 3.05) is 6.26 Å². The molecule has 0 N–H and O–H groups in total. The van der Waals surface area contributed by atoms with Crippen LogP contribution in [0.25, 0.3) is 43.6 Å². The zero-order valence-corrected chi connectivity index (χ0v) is 21.6. The van der Waals surface area contributed by atoms with E-state index in [1.807, 2.05) is 12.1 Å². The minimum atomic E-state index is -3.92. The first-order valence-corrected chi connectivity index (χ1v) is 13.4. The molecular weight excluding hydrogens is 468 g/mol. The molecule has 6 heteroatoms. The smallest absolute Gasteiger partial charge is 0.213 e. The number of pyridine rings is 2. The minimum absolute atomic E-state index is 0.604. The Kier molecular flexibility index (Phi) is 7.29. The second-order valence-electron chi connectivity index (χ2n) is 8.69. The molecule has 0 bridgehead atoms. The van der Waals surface area contributed by atoms with Crippen LogP contribution in [0, 0.1) is 13.8 Å². The highest BCUT2D eigenvalue weighted by atomic mass is 32.2. The standard InChI is InChI=1S/C15H14N.C14H11N.CH4O3S/c1-11-12-7-3-5-9-14(12)16(2)15-10-6-4-8-13(11)15;1-10-11-6-2-4-8-13(11)15-14-9-5-3-7-12(10)14;1-5(2,3)4/h3-10H,1-2H3;2-9H,1H3;1H3,(H,2,3,4)/q+1;;/p-1. The normalized spacial score (nSPS) is 11.1. The summed E-state index contributed by atoms with van der Waals surface area (Å²) in [6, 6.07) is 33.7. The fourth-order valence-corrected chi connectivity index (χ4v) is 4.49. The van der Waals surface area contributed by atoms with Crippen LogP contribution in [0.3, 0.4) is 0 Å². The largest absolute Gasteiger partial charge is 0.748 e. The molecule has 2 heterocycles. The van der Waals surface area contributed by atoms with Gasteiger partial charge in [-0.25, -0.2) is 13.4 Å². The number of aryl methyl sites for hydroxylation is 3. The molecule has 36 heavy (non-hydrogen) atoms. The third kappa shape index (κ3) is 5.51. The van der Waals surface area contributed by atoms with Gasteiger partial charge in [-0.3, -0.25) is 0 Å². The maximum absolute atomic E-state index is 9.08. The predicted octanol–water partition coefficient (Wildman–Crippen LogP) is 5.98. The summed E-state index contributed by atoms with van der Waals surface area (Å²) in [5.74, 6) is 0. The third-order valence-corrected chi connectivity index (χ3v) is 6.20. The van der Waals surface area contributed by atoms with E-state index in [2.05, 4.69) is 115 Å². The molecule has 0 saturated heterocycles. The summed E-state index contributed by atoms with van der Waals surface area (Å²) < 4.78 is 29.5. The Morgan fingerprint density at radius 1 is 0.611 bits per heavy atom. The van der Waals surface area contributed by atoms with Crippen molar-refractivity contribution in [3.63, 3.8) is 0 Å². The summed E-state index contributed by atoms with van der Waals surface area (Å²) in [6.07, 6.45) is 0.604. The topological polar surface area (TPSA) is 74.0 Å². The molecule has 2 aromatic heterocycles. The monoisotopic (exact) mass is 496 g/mol. The molecule has 0 aliphatic rings. The molecule has 0 saturated carbocycles. The van der Waals surface area contributed by atoms with Crippen LogP contribution in [-0.2, 0) is 17.2 Å². The molecule has 182 valence electrons. The number of benzene rings is 4. The quantitative estimate of drug-likeness (QED) is 0.147. The summed E-state index contributed by atoms with van der Waals surface area (Å²) in [4.78, 5) is 4.64. The Bertz CT molecular complexity index is 1630. The molecule has 0 amide bonds. The Hall–Kier alpha value is -3.87. The van der Waals surface area contributed by atoms with Crippen LogP contribution in [0.5, 0.6) is 0 Å². The van der Waals surface area contributed by atoms with Crippen molar-refractivity contribution >= 4 is 53.7 Å². The molecule has 0 aliphatic heterocycles. The minimum Gasteiger partial charge on any atom is -0.748 e. The van der Waals surface area contributed by atoms with E-state index in [-0.39, 0.29) is 0 Å². The number of aromatic nitrogens is 2. The van der Waals surface area contributed by atoms with Gasteiger partial charge in [0.15, 0.2) is 0 Å². The SMILES string of the molecule is CS(=O)(=O)[O-].Cc1c2ccccc2[n+](C)c2ccccc12.Cc1c2ccccc2nc2ccccc12. The predicted molar refractivity (Wildman–Crippen MR) is 147 cm³/mol. The first kappa shape index (κ1) is 25.2. The van der Waals surface area contributed by atoms with Gasteiger partial charge in [0.05, 0.1) is 21.2 Å². The number of rotatable bonds is 0. The Morgan fingerprint density at radius 3 is 1.33 bits per heavy atom. The van der Waals surface area contributed by atoms with Crippen LogP contribution < -0.4 is 4.57 Å². The van der Waals surface area contributed by atoms with Crippen LogP contribution in [0.1, 0.15) is 11.1 Å². The lowest BCUT2D eigenvalue weighted by Crippen LogP contribution is -2.30. The Balaban J connectivity index is 0.000000143. The third-order valence-electron chi connectivity index (χ3n) is 6.20. The fraction of sp³-hybridized carbons (Fsp3) is 0.133. The molecule has 0 aliphatic carbocycles. The zero-order chi connectivity index (χ0) is 25.9. The lowest BCUT2D eigenvalue weighted by Gasteiger charge is -2.05. The van der Waals surface area contributed by atoms with Crippen molar-refractivity contribution in [2.45, 2.75) is 13.8 Å². The van der Waals surface area contributed by atoms with E-state index in [0.717, 1.165) is 11.0 Å². The van der Waals surface area contributed by atoms with Crippen molar-refractivity contribution in [1.29, 1.82) is 0 Å². The summed E-state index contributed by atoms with van der Waals surface area (Å²) in [5.41, 5.74) is 7.42. The van der Waals surface area contributed by atoms with Gasteiger partial charge < -0.3 is 4.55 Å². The van der Waals surface area contributed by atoms with Gasteiger partial charge >= 0.3 is 0 Å². The number of para-hydroxylation sites is 4. The molecule has 0 spiro atoms. The molecule has 6 rings (SSSR count). The van der Waals surface area contributed by atoms with Crippen LogP contribution >= 0.6 is 0 Å². The second kappa shape index (κ2) is 10.4. The fourth-order valence-electron chi connectivity index (χ4n) is 4.49. The highest BCUT2D eigenvalue weighted by Crippen LogP contribution is 2.25. The highest BCUT2D eigenvalue weighted by Gasteiger charge is 2.13. The number of fused-ring (bicyclic) bond motifs is 4. The van der Waals surface area contributed by atoms with Crippen LogP contribution in [0.4, 0.5) is 0 Å².